The Morgan fingerprint density at radius 2 is 1.70 bits per heavy atom. The van der Waals surface area contributed by atoms with Crippen LogP contribution in [0.15, 0.2) is 42.5 Å². The molecule has 2 rings (SSSR count). The number of para-hydroxylation sites is 2. The highest BCUT2D eigenvalue weighted by molar-refractivity contribution is 6.39. The van der Waals surface area contributed by atoms with Crippen LogP contribution in [0.25, 0.3) is 0 Å². The van der Waals surface area contributed by atoms with E-state index in [1.54, 1.807) is 24.3 Å². The lowest BCUT2D eigenvalue weighted by Gasteiger charge is -2.14. The summed E-state index contributed by atoms with van der Waals surface area (Å²) >= 11 is 12.3. The minimum Gasteiger partial charge on any atom is -0.457 e. The number of hydrogen-bond donors (Lipinski definition) is 1. The summed E-state index contributed by atoms with van der Waals surface area (Å²) in [6, 6.07) is 12.4. The van der Waals surface area contributed by atoms with Crippen LogP contribution in [0.1, 0.15) is 12.5 Å². The van der Waals surface area contributed by atoms with Gasteiger partial charge in [-0.1, -0.05) is 47.5 Å². The molecule has 0 spiro atoms. The summed E-state index contributed by atoms with van der Waals surface area (Å²) in [4.78, 5) is 22.7. The molecular formula is C17H15Cl2NO3. The van der Waals surface area contributed by atoms with Crippen molar-refractivity contribution in [3.05, 3.63) is 58.1 Å². The van der Waals surface area contributed by atoms with Crippen molar-refractivity contribution in [2.45, 2.75) is 13.3 Å². The van der Waals surface area contributed by atoms with Crippen molar-refractivity contribution in [1.82, 2.24) is 0 Å². The van der Waals surface area contributed by atoms with E-state index in [9.17, 15) is 9.59 Å². The van der Waals surface area contributed by atoms with Crippen molar-refractivity contribution in [1.29, 1.82) is 0 Å². The molecule has 23 heavy (non-hydrogen) atoms. The summed E-state index contributed by atoms with van der Waals surface area (Å²) in [5.74, 6) is -0.674. The zero-order valence-electron chi connectivity index (χ0n) is 12.4. The number of Topliss-reactive ketones (excluding diaryl/α,β-unsaturated/α-hetero) is 1. The molecule has 0 saturated carbocycles. The van der Waals surface area contributed by atoms with Gasteiger partial charge in [-0.05, 0) is 30.7 Å². The lowest BCUT2D eigenvalue weighted by Crippen LogP contribution is -2.14. The minimum atomic E-state index is -0.472. The van der Waals surface area contributed by atoms with Gasteiger partial charge >= 0.3 is 5.97 Å². The molecule has 4 nitrogen and oxygen atoms in total. The number of carbonyl (C=O) groups excluding carboxylic acids is 2. The van der Waals surface area contributed by atoms with Crippen LogP contribution in [-0.2, 0) is 20.7 Å². The Bertz CT molecular complexity index is 711. The first-order valence-electron chi connectivity index (χ1n) is 6.91. The third-order valence-corrected chi connectivity index (χ3v) is 3.64. The Labute approximate surface area is 144 Å². The van der Waals surface area contributed by atoms with Gasteiger partial charge in [-0.25, -0.2) is 0 Å². The Kier molecular flexibility index (Phi) is 6.02. The van der Waals surface area contributed by atoms with Crippen LogP contribution >= 0.6 is 23.2 Å². The second-order valence-electron chi connectivity index (χ2n) is 4.92. The van der Waals surface area contributed by atoms with E-state index in [2.05, 4.69) is 5.32 Å². The normalized spacial score (nSPS) is 10.2. The summed E-state index contributed by atoms with van der Waals surface area (Å²) in [5, 5.41) is 4.10. The molecule has 0 atom stereocenters. The molecule has 0 bridgehead atoms. The van der Waals surface area contributed by atoms with Gasteiger partial charge in [-0.2, -0.15) is 0 Å². The molecule has 0 radical (unpaired) electrons. The van der Waals surface area contributed by atoms with Crippen molar-refractivity contribution in [2.24, 2.45) is 0 Å². The number of halogens is 2. The molecule has 0 saturated heterocycles. The van der Waals surface area contributed by atoms with E-state index in [1.165, 1.54) is 6.92 Å². The van der Waals surface area contributed by atoms with Gasteiger partial charge in [0.25, 0.3) is 0 Å². The third-order valence-electron chi connectivity index (χ3n) is 3.01. The highest BCUT2D eigenvalue weighted by atomic mass is 35.5. The standard InChI is InChI=1S/C17H15Cl2NO3/c1-11(21)10-23-16(22)9-12-5-2-3-8-15(12)20-17-13(18)6-4-7-14(17)19/h2-8,20H,9-10H2,1H3. The molecule has 0 unspecified atom stereocenters. The molecule has 0 fully saturated rings. The summed E-state index contributed by atoms with van der Waals surface area (Å²) in [5.41, 5.74) is 1.99. The van der Waals surface area contributed by atoms with E-state index in [-0.39, 0.29) is 18.8 Å². The molecule has 0 heterocycles. The molecule has 0 aromatic heterocycles. The molecule has 0 aliphatic rings. The third kappa shape index (κ3) is 4.98. The van der Waals surface area contributed by atoms with Crippen LogP contribution in [0.2, 0.25) is 10.0 Å². The maximum atomic E-state index is 11.8. The van der Waals surface area contributed by atoms with Gasteiger partial charge in [0.05, 0.1) is 22.2 Å². The Morgan fingerprint density at radius 3 is 2.35 bits per heavy atom. The van der Waals surface area contributed by atoms with Crippen LogP contribution < -0.4 is 5.32 Å². The predicted octanol–water partition coefficient (Wildman–Crippen LogP) is 4.41. The monoisotopic (exact) mass is 351 g/mol. The number of anilines is 2. The van der Waals surface area contributed by atoms with Crippen LogP contribution in [0.3, 0.4) is 0 Å². The van der Waals surface area contributed by atoms with Crippen molar-refractivity contribution in [3.8, 4) is 0 Å². The van der Waals surface area contributed by atoms with Crippen molar-refractivity contribution >= 4 is 46.3 Å². The fourth-order valence-corrected chi connectivity index (χ4v) is 2.43. The molecule has 2 aromatic carbocycles. The SMILES string of the molecule is CC(=O)COC(=O)Cc1ccccc1Nc1c(Cl)cccc1Cl. The number of nitrogens with one attached hydrogen (secondary N) is 1. The number of ketones is 1. The van der Waals surface area contributed by atoms with Gasteiger partial charge in [0.2, 0.25) is 0 Å². The number of hydrogen-bond acceptors (Lipinski definition) is 4. The van der Waals surface area contributed by atoms with E-state index < -0.39 is 5.97 Å². The number of esters is 1. The molecule has 1 N–H and O–H groups in total. The van der Waals surface area contributed by atoms with Gasteiger partial charge in [0, 0.05) is 5.69 Å². The fraction of sp³-hybridized carbons (Fsp3) is 0.176. The first kappa shape index (κ1) is 17.3. The van der Waals surface area contributed by atoms with Gasteiger partial charge in [0.15, 0.2) is 5.78 Å². The van der Waals surface area contributed by atoms with Crippen LogP contribution in [-0.4, -0.2) is 18.4 Å². The van der Waals surface area contributed by atoms with E-state index in [1.807, 2.05) is 18.2 Å². The van der Waals surface area contributed by atoms with Crippen molar-refractivity contribution < 1.29 is 14.3 Å². The van der Waals surface area contributed by atoms with Crippen LogP contribution in [0.5, 0.6) is 0 Å². The Hall–Kier alpha value is -2.04. The number of carbonyl (C=O) groups is 2. The molecule has 120 valence electrons. The minimum absolute atomic E-state index is 0.0402. The molecule has 2 aromatic rings. The zero-order chi connectivity index (χ0) is 16.8. The Balaban J connectivity index is 2.18. The average Bonchev–Trinajstić information content (AvgIpc) is 2.50. The Morgan fingerprint density at radius 1 is 1.04 bits per heavy atom. The number of rotatable bonds is 6. The molecule has 6 heteroatoms. The summed E-state index contributed by atoms with van der Waals surface area (Å²) in [7, 11) is 0. The van der Waals surface area contributed by atoms with Crippen LogP contribution in [0.4, 0.5) is 11.4 Å². The smallest absolute Gasteiger partial charge is 0.310 e. The van der Waals surface area contributed by atoms with Gasteiger partial charge in [-0.3, -0.25) is 9.59 Å². The first-order chi connectivity index (χ1) is 11.0. The van der Waals surface area contributed by atoms with E-state index in [0.29, 0.717) is 21.4 Å². The highest BCUT2D eigenvalue weighted by Crippen LogP contribution is 2.33. The predicted molar refractivity (Wildman–Crippen MR) is 91.5 cm³/mol. The largest absolute Gasteiger partial charge is 0.457 e. The maximum absolute atomic E-state index is 11.8. The second kappa shape index (κ2) is 7.99. The topological polar surface area (TPSA) is 55.4 Å². The summed E-state index contributed by atoms with van der Waals surface area (Å²) < 4.78 is 4.89. The lowest BCUT2D eigenvalue weighted by atomic mass is 10.1. The van der Waals surface area contributed by atoms with Crippen molar-refractivity contribution in [2.75, 3.05) is 11.9 Å². The summed E-state index contributed by atoms with van der Waals surface area (Å²) in [6.45, 7) is 1.15. The van der Waals surface area contributed by atoms with E-state index >= 15 is 0 Å². The van der Waals surface area contributed by atoms with E-state index in [4.69, 9.17) is 27.9 Å². The molecular weight excluding hydrogens is 337 g/mol. The fourth-order valence-electron chi connectivity index (χ4n) is 1.94. The van der Waals surface area contributed by atoms with Gasteiger partial charge < -0.3 is 10.1 Å². The molecule has 0 amide bonds. The van der Waals surface area contributed by atoms with Gasteiger partial charge in [-0.15, -0.1) is 0 Å². The summed E-state index contributed by atoms with van der Waals surface area (Å²) in [6.07, 6.45) is 0.0402. The highest BCUT2D eigenvalue weighted by Gasteiger charge is 2.12. The molecule has 0 aliphatic heterocycles. The zero-order valence-corrected chi connectivity index (χ0v) is 13.9. The lowest BCUT2D eigenvalue weighted by molar-refractivity contribution is -0.146. The van der Waals surface area contributed by atoms with Crippen LogP contribution in [0, 0.1) is 0 Å². The van der Waals surface area contributed by atoms with Crippen molar-refractivity contribution in [3.63, 3.8) is 0 Å². The molecule has 0 aliphatic carbocycles. The first-order valence-corrected chi connectivity index (χ1v) is 7.67. The quantitative estimate of drug-likeness (QED) is 0.783. The maximum Gasteiger partial charge on any atom is 0.310 e. The number of benzene rings is 2. The van der Waals surface area contributed by atoms with E-state index in [0.717, 1.165) is 5.56 Å². The second-order valence-corrected chi connectivity index (χ2v) is 5.73. The van der Waals surface area contributed by atoms with Gasteiger partial charge in [0.1, 0.15) is 6.61 Å². The number of ether oxygens (including phenoxy) is 1. The average molecular weight is 352 g/mol.